The Bertz CT molecular complexity index is 2300. The molecule has 59 heavy (non-hydrogen) atoms. The fourth-order valence-corrected chi connectivity index (χ4v) is 7.13. The van der Waals surface area contributed by atoms with Crippen molar-refractivity contribution < 1.29 is 38.1 Å². The van der Waals surface area contributed by atoms with E-state index in [1.807, 2.05) is 97.1 Å². The van der Waals surface area contributed by atoms with E-state index in [4.69, 9.17) is 14.2 Å². The van der Waals surface area contributed by atoms with Crippen LogP contribution < -0.4 is 0 Å². The zero-order chi connectivity index (χ0) is 41.6. The summed E-state index contributed by atoms with van der Waals surface area (Å²) in [6, 6.07) is 39.9. The average Bonchev–Trinajstić information content (AvgIpc) is 3.58. The Balaban J connectivity index is 1.28. The normalized spacial score (nSPS) is 18.4. The van der Waals surface area contributed by atoms with Gasteiger partial charge in [-0.2, -0.15) is 0 Å². The molecule has 7 nitrogen and oxygen atoms in total. The Morgan fingerprint density at radius 3 is 1.86 bits per heavy atom. The lowest BCUT2D eigenvalue weighted by Gasteiger charge is -2.24. The number of carbonyl (C=O) groups is 3. The number of rotatable bonds is 14. The van der Waals surface area contributed by atoms with E-state index in [-0.39, 0.29) is 24.7 Å². The third-order valence-electron chi connectivity index (χ3n) is 10.3. The van der Waals surface area contributed by atoms with E-state index in [1.165, 1.54) is 26.2 Å². The van der Waals surface area contributed by atoms with E-state index in [9.17, 15) is 23.9 Å². The number of benzene rings is 5. The molecule has 1 unspecified atom stereocenters. The summed E-state index contributed by atoms with van der Waals surface area (Å²) in [5.41, 5.74) is 3.45. The lowest BCUT2D eigenvalue weighted by atomic mass is 9.88. The molecule has 8 heteroatoms. The standard InChI is InChI=1S/C51H47FO7/c1-51(56,32-30-36-14-13-19-43(52)34-36)33-31-45-44(20-11-3-4-12-21-48(53)57-2)46(58-49(54)41-26-22-39(23-27-41)37-15-7-5-8-16-37)35-47(45)59-50(55)42-28-24-40(25-29-42)38-17-9-6-10-18-38/h3,5-11,13-19,22-29,31,33-34,44-47,56H,4,12,20-21,35H2,1-2H3/b11-3-,33-31+/t44-,45-,46+,47-,51?/m1/s1. The van der Waals surface area contributed by atoms with Gasteiger partial charge in [0.05, 0.1) is 18.2 Å². The smallest absolute Gasteiger partial charge is 0.338 e. The van der Waals surface area contributed by atoms with Gasteiger partial charge in [-0.3, -0.25) is 4.79 Å². The zero-order valence-corrected chi connectivity index (χ0v) is 33.1. The van der Waals surface area contributed by atoms with Gasteiger partial charge in [0.15, 0.2) is 0 Å². The highest BCUT2D eigenvalue weighted by molar-refractivity contribution is 5.91. The van der Waals surface area contributed by atoms with E-state index < -0.39 is 41.5 Å². The molecule has 0 bridgehead atoms. The Kier molecular flexibility index (Phi) is 14.4. The number of hydrogen-bond acceptors (Lipinski definition) is 7. The predicted octanol–water partition coefficient (Wildman–Crippen LogP) is 10.2. The number of halogens is 1. The van der Waals surface area contributed by atoms with Crippen LogP contribution in [0.5, 0.6) is 0 Å². The number of ether oxygens (including phenoxy) is 3. The maximum Gasteiger partial charge on any atom is 0.338 e. The van der Waals surface area contributed by atoms with Crippen LogP contribution in [0, 0.1) is 29.5 Å². The van der Waals surface area contributed by atoms with E-state index in [1.54, 1.807) is 48.6 Å². The molecule has 1 aliphatic carbocycles. The minimum atomic E-state index is -1.64. The molecule has 0 spiro atoms. The van der Waals surface area contributed by atoms with Crippen molar-refractivity contribution >= 4 is 17.9 Å². The van der Waals surface area contributed by atoms with Gasteiger partial charge in [0.25, 0.3) is 0 Å². The number of esters is 3. The SMILES string of the molecule is COC(=O)CCC/C=C\C[C@@H]1[C@@H](/C=C/C(C)(O)C#Cc2cccc(F)c2)[C@H](OC(=O)c2ccc(-c3ccccc3)cc2)C[C@@H]1OC(=O)c1ccc(-c2ccccc2)cc1. The molecule has 300 valence electrons. The van der Waals surface area contributed by atoms with Crippen molar-refractivity contribution in [3.8, 4) is 34.1 Å². The first-order chi connectivity index (χ1) is 28.6. The van der Waals surface area contributed by atoms with E-state index in [0.29, 0.717) is 36.0 Å². The van der Waals surface area contributed by atoms with Gasteiger partial charge < -0.3 is 19.3 Å². The second-order valence-electron chi connectivity index (χ2n) is 14.7. The molecule has 5 aromatic carbocycles. The number of allylic oxidation sites excluding steroid dienone is 2. The first kappa shape index (κ1) is 42.1. The third kappa shape index (κ3) is 12.0. The van der Waals surface area contributed by atoms with Gasteiger partial charge in [-0.15, -0.1) is 0 Å². The summed E-state index contributed by atoms with van der Waals surface area (Å²) >= 11 is 0. The lowest BCUT2D eigenvalue weighted by molar-refractivity contribution is -0.140. The predicted molar refractivity (Wildman–Crippen MR) is 226 cm³/mol. The highest BCUT2D eigenvalue weighted by Gasteiger charge is 2.46. The second-order valence-corrected chi connectivity index (χ2v) is 14.7. The molecule has 0 aliphatic heterocycles. The molecule has 5 aromatic rings. The first-order valence-corrected chi connectivity index (χ1v) is 19.7. The Labute approximate surface area is 345 Å². The number of aliphatic hydroxyl groups is 1. The Hall–Kier alpha value is -6.56. The van der Waals surface area contributed by atoms with Crippen LogP contribution in [0.3, 0.4) is 0 Å². The van der Waals surface area contributed by atoms with Gasteiger partial charge in [-0.05, 0) is 97.0 Å². The summed E-state index contributed by atoms with van der Waals surface area (Å²) < 4.78 is 31.1. The van der Waals surface area contributed by atoms with Crippen LogP contribution in [0.4, 0.5) is 4.39 Å². The van der Waals surface area contributed by atoms with Gasteiger partial charge >= 0.3 is 17.9 Å². The molecule has 0 radical (unpaired) electrons. The molecule has 1 aliphatic rings. The Morgan fingerprint density at radius 2 is 1.31 bits per heavy atom. The number of carbonyl (C=O) groups excluding carboxylic acids is 3. The van der Waals surface area contributed by atoms with Gasteiger partial charge in [-0.1, -0.05) is 121 Å². The van der Waals surface area contributed by atoms with Gasteiger partial charge in [0.1, 0.15) is 23.6 Å². The van der Waals surface area contributed by atoms with Crippen LogP contribution >= 0.6 is 0 Å². The summed E-state index contributed by atoms with van der Waals surface area (Å²) in [5, 5.41) is 11.4. The Morgan fingerprint density at radius 1 is 0.746 bits per heavy atom. The van der Waals surface area contributed by atoms with Crippen molar-refractivity contribution in [2.24, 2.45) is 11.8 Å². The van der Waals surface area contributed by atoms with Crippen molar-refractivity contribution in [2.45, 2.75) is 56.8 Å². The molecule has 0 aromatic heterocycles. The highest BCUT2D eigenvalue weighted by atomic mass is 19.1. The molecule has 6 rings (SSSR count). The van der Waals surface area contributed by atoms with Crippen LogP contribution in [0.1, 0.15) is 65.3 Å². The zero-order valence-electron chi connectivity index (χ0n) is 33.1. The van der Waals surface area contributed by atoms with Crippen molar-refractivity contribution in [1.82, 2.24) is 0 Å². The third-order valence-corrected chi connectivity index (χ3v) is 10.3. The van der Waals surface area contributed by atoms with Crippen LogP contribution in [-0.2, 0) is 19.0 Å². The molecule has 1 N–H and O–H groups in total. The topological polar surface area (TPSA) is 99.1 Å². The number of hydrogen-bond donors (Lipinski definition) is 1. The fourth-order valence-electron chi connectivity index (χ4n) is 7.13. The molecular formula is C51H47FO7. The maximum atomic E-state index is 13.8. The van der Waals surface area contributed by atoms with Gasteiger partial charge in [-0.25, -0.2) is 14.0 Å². The maximum absolute atomic E-state index is 13.8. The van der Waals surface area contributed by atoms with E-state index in [2.05, 4.69) is 11.8 Å². The van der Waals surface area contributed by atoms with Crippen molar-refractivity contribution in [2.75, 3.05) is 7.11 Å². The molecule has 0 heterocycles. The minimum Gasteiger partial charge on any atom is -0.469 e. The molecule has 0 saturated heterocycles. The molecule has 1 saturated carbocycles. The molecular weight excluding hydrogens is 744 g/mol. The molecule has 5 atom stereocenters. The van der Waals surface area contributed by atoms with Gasteiger partial charge in [0.2, 0.25) is 0 Å². The van der Waals surface area contributed by atoms with E-state index >= 15 is 0 Å². The summed E-state index contributed by atoms with van der Waals surface area (Å²) in [6.45, 7) is 1.52. The largest absolute Gasteiger partial charge is 0.469 e. The summed E-state index contributed by atoms with van der Waals surface area (Å²) in [6.07, 6.45) is 8.01. The quantitative estimate of drug-likeness (QED) is 0.0393. The van der Waals surface area contributed by atoms with E-state index in [0.717, 1.165) is 22.3 Å². The first-order valence-electron chi connectivity index (χ1n) is 19.7. The fraction of sp³-hybridized carbons (Fsp3) is 0.235. The van der Waals surface area contributed by atoms with Crippen LogP contribution in [0.25, 0.3) is 22.3 Å². The van der Waals surface area contributed by atoms with Crippen molar-refractivity contribution in [1.29, 1.82) is 0 Å². The summed E-state index contributed by atoms with van der Waals surface area (Å²) in [4.78, 5) is 39.2. The minimum absolute atomic E-state index is 0.203. The lowest BCUT2D eigenvalue weighted by Crippen LogP contribution is -2.27. The monoisotopic (exact) mass is 790 g/mol. The molecule has 0 amide bonds. The second kappa shape index (κ2) is 20.2. The van der Waals surface area contributed by atoms with Crippen molar-refractivity contribution in [3.63, 3.8) is 0 Å². The number of unbranched alkanes of at least 4 members (excludes halogenated alkanes) is 1. The summed E-state index contributed by atoms with van der Waals surface area (Å²) in [5.74, 6) is 2.99. The van der Waals surface area contributed by atoms with Crippen LogP contribution in [-0.4, -0.2) is 47.9 Å². The average molecular weight is 791 g/mol. The number of methoxy groups -OCH3 is 1. The summed E-state index contributed by atoms with van der Waals surface area (Å²) in [7, 11) is 1.36. The highest BCUT2D eigenvalue weighted by Crippen LogP contribution is 2.41. The van der Waals surface area contributed by atoms with Crippen LogP contribution in [0.15, 0.2) is 158 Å². The van der Waals surface area contributed by atoms with Crippen LogP contribution in [0.2, 0.25) is 0 Å². The molecule has 1 fully saturated rings. The van der Waals surface area contributed by atoms with Gasteiger partial charge in [0, 0.05) is 30.2 Å². The van der Waals surface area contributed by atoms with Crippen molar-refractivity contribution in [3.05, 3.63) is 180 Å².